The largest absolute Gasteiger partial charge is 0.375 e. The number of thiazole rings is 1. The summed E-state index contributed by atoms with van der Waals surface area (Å²) in [6.07, 6.45) is 4.39. The maximum atomic E-state index is 12.8. The van der Waals surface area contributed by atoms with Crippen molar-refractivity contribution in [2.75, 3.05) is 11.1 Å². The molecule has 2 aromatic carbocycles. The summed E-state index contributed by atoms with van der Waals surface area (Å²) in [5.41, 5.74) is 10.4. The number of nitrogens with zero attached hydrogens (tertiary/aromatic N) is 2. The number of hydrogen-bond donors (Lipinski definition) is 2. The van der Waals surface area contributed by atoms with Crippen LogP contribution in [0.3, 0.4) is 0 Å². The second-order valence-corrected chi connectivity index (χ2v) is 7.31. The fraction of sp³-hybridized carbons (Fsp3) is 0.0455. The van der Waals surface area contributed by atoms with Gasteiger partial charge in [-0.25, -0.2) is 4.98 Å². The molecule has 0 fully saturated rings. The van der Waals surface area contributed by atoms with Gasteiger partial charge in [-0.2, -0.15) is 0 Å². The van der Waals surface area contributed by atoms with E-state index in [2.05, 4.69) is 15.3 Å². The summed E-state index contributed by atoms with van der Waals surface area (Å²) in [5, 5.41) is 3.31. The normalized spacial score (nSPS) is 10.6. The third-order valence-corrected chi connectivity index (χ3v) is 5.15. The van der Waals surface area contributed by atoms with Crippen molar-refractivity contribution in [3.8, 4) is 11.3 Å². The van der Waals surface area contributed by atoms with Gasteiger partial charge < -0.3 is 11.1 Å². The molecule has 0 atom stereocenters. The highest BCUT2D eigenvalue weighted by Crippen LogP contribution is 2.30. The van der Waals surface area contributed by atoms with Gasteiger partial charge in [0.1, 0.15) is 4.88 Å². The Morgan fingerprint density at radius 3 is 2.32 bits per heavy atom. The smallest absolute Gasteiger partial charge is 0.268 e. The molecule has 1 amide bonds. The molecule has 0 unspecified atom stereocenters. The minimum Gasteiger partial charge on any atom is -0.375 e. The number of hydrogen-bond acceptors (Lipinski definition) is 5. The van der Waals surface area contributed by atoms with Crippen molar-refractivity contribution in [3.63, 3.8) is 0 Å². The first-order valence-electron chi connectivity index (χ1n) is 8.80. The Labute approximate surface area is 166 Å². The topological polar surface area (TPSA) is 80.9 Å². The van der Waals surface area contributed by atoms with Gasteiger partial charge in [0, 0.05) is 23.6 Å². The van der Waals surface area contributed by atoms with Crippen molar-refractivity contribution in [2.45, 2.75) is 6.42 Å². The molecular weight excluding hydrogens is 368 g/mol. The van der Waals surface area contributed by atoms with Crippen molar-refractivity contribution < 1.29 is 4.79 Å². The highest BCUT2D eigenvalue weighted by Gasteiger charge is 2.18. The van der Waals surface area contributed by atoms with Crippen molar-refractivity contribution in [1.82, 2.24) is 9.97 Å². The van der Waals surface area contributed by atoms with Gasteiger partial charge in [0.2, 0.25) is 0 Å². The van der Waals surface area contributed by atoms with Crippen molar-refractivity contribution in [3.05, 3.63) is 95.1 Å². The summed E-state index contributed by atoms with van der Waals surface area (Å²) >= 11 is 1.19. The van der Waals surface area contributed by atoms with E-state index in [-0.39, 0.29) is 5.91 Å². The second-order valence-electron chi connectivity index (χ2n) is 6.28. The van der Waals surface area contributed by atoms with Crippen molar-refractivity contribution in [1.29, 1.82) is 0 Å². The van der Waals surface area contributed by atoms with Crippen LogP contribution in [0.15, 0.2) is 79.1 Å². The van der Waals surface area contributed by atoms with E-state index in [0.717, 1.165) is 23.2 Å². The van der Waals surface area contributed by atoms with Crippen molar-refractivity contribution >= 4 is 28.1 Å². The van der Waals surface area contributed by atoms with Crippen LogP contribution >= 0.6 is 11.3 Å². The van der Waals surface area contributed by atoms with Crippen LogP contribution in [0.25, 0.3) is 11.3 Å². The van der Waals surface area contributed by atoms with Crippen LogP contribution < -0.4 is 11.1 Å². The van der Waals surface area contributed by atoms with Crippen LogP contribution in [-0.2, 0) is 6.42 Å². The second kappa shape index (κ2) is 8.02. The molecule has 4 aromatic rings. The third kappa shape index (κ3) is 4.07. The maximum absolute atomic E-state index is 12.8. The fourth-order valence-corrected chi connectivity index (χ4v) is 3.66. The lowest BCUT2D eigenvalue weighted by atomic mass is 10.1. The van der Waals surface area contributed by atoms with Crippen LogP contribution in [0, 0.1) is 0 Å². The van der Waals surface area contributed by atoms with Crippen LogP contribution in [0.4, 0.5) is 10.8 Å². The first-order chi connectivity index (χ1) is 13.7. The molecule has 0 aliphatic carbocycles. The number of pyridine rings is 1. The minimum absolute atomic E-state index is 0.213. The average molecular weight is 386 g/mol. The molecule has 28 heavy (non-hydrogen) atoms. The van der Waals surface area contributed by atoms with Gasteiger partial charge in [0.05, 0.1) is 5.69 Å². The average Bonchev–Trinajstić information content (AvgIpc) is 3.13. The van der Waals surface area contributed by atoms with Crippen molar-refractivity contribution in [2.24, 2.45) is 0 Å². The van der Waals surface area contributed by atoms with Gasteiger partial charge in [0.15, 0.2) is 5.13 Å². The minimum atomic E-state index is -0.213. The predicted molar refractivity (Wildman–Crippen MR) is 113 cm³/mol. The Balaban J connectivity index is 1.50. The highest BCUT2D eigenvalue weighted by atomic mass is 32.1. The van der Waals surface area contributed by atoms with Crippen LogP contribution in [0.5, 0.6) is 0 Å². The number of rotatable bonds is 5. The molecule has 2 heterocycles. The molecule has 6 heteroatoms. The van der Waals surface area contributed by atoms with Crippen LogP contribution in [0.1, 0.15) is 20.8 Å². The fourth-order valence-electron chi connectivity index (χ4n) is 2.91. The summed E-state index contributed by atoms with van der Waals surface area (Å²) in [6.45, 7) is 0. The van der Waals surface area contributed by atoms with Crippen LogP contribution in [0.2, 0.25) is 0 Å². The van der Waals surface area contributed by atoms with Gasteiger partial charge >= 0.3 is 0 Å². The Hall–Kier alpha value is -3.51. The molecule has 138 valence electrons. The third-order valence-electron chi connectivity index (χ3n) is 4.27. The Bertz CT molecular complexity index is 1080. The summed E-state index contributed by atoms with van der Waals surface area (Å²) in [7, 11) is 0. The highest BCUT2D eigenvalue weighted by molar-refractivity contribution is 7.17. The summed E-state index contributed by atoms with van der Waals surface area (Å²) < 4.78 is 0. The van der Waals surface area contributed by atoms with Gasteiger partial charge in [-0.05, 0) is 41.8 Å². The molecule has 0 spiro atoms. The molecular formula is C22H18N4OS. The summed E-state index contributed by atoms with van der Waals surface area (Å²) in [5.74, 6) is -0.213. The van der Waals surface area contributed by atoms with E-state index in [1.54, 1.807) is 12.4 Å². The lowest BCUT2D eigenvalue weighted by Gasteiger charge is -2.07. The molecule has 0 aliphatic rings. The number of carbonyl (C=O) groups is 1. The van der Waals surface area contributed by atoms with E-state index in [0.29, 0.717) is 15.7 Å². The lowest BCUT2D eigenvalue weighted by Crippen LogP contribution is -2.11. The maximum Gasteiger partial charge on any atom is 0.268 e. The molecule has 3 N–H and O–H groups in total. The molecule has 4 rings (SSSR count). The Morgan fingerprint density at radius 2 is 1.61 bits per heavy atom. The molecule has 2 aromatic heterocycles. The SMILES string of the molecule is Nc1nc(-c2ccccc2)c(C(=O)Nc2ccc(Cc3ccncc3)cc2)s1. The molecule has 0 radical (unpaired) electrons. The van der Waals surface area contributed by atoms with Gasteiger partial charge in [-0.1, -0.05) is 53.8 Å². The number of aromatic nitrogens is 2. The number of nitrogens with one attached hydrogen (secondary N) is 1. The molecule has 0 saturated heterocycles. The number of carbonyl (C=O) groups excluding carboxylic acids is 1. The number of nitrogen functional groups attached to an aromatic ring is 1. The monoisotopic (exact) mass is 386 g/mol. The zero-order chi connectivity index (χ0) is 19.3. The van der Waals surface area contributed by atoms with E-state index in [4.69, 9.17) is 5.73 Å². The summed E-state index contributed by atoms with van der Waals surface area (Å²) in [6, 6.07) is 21.4. The van der Waals surface area contributed by atoms with Crippen LogP contribution in [-0.4, -0.2) is 15.9 Å². The van der Waals surface area contributed by atoms with Gasteiger partial charge in [0.25, 0.3) is 5.91 Å². The van der Waals surface area contributed by atoms with E-state index >= 15 is 0 Å². The number of anilines is 2. The molecule has 0 aliphatic heterocycles. The molecule has 5 nitrogen and oxygen atoms in total. The van der Waals surface area contributed by atoms with Gasteiger partial charge in [-0.15, -0.1) is 0 Å². The first-order valence-corrected chi connectivity index (χ1v) is 9.61. The van der Waals surface area contributed by atoms with E-state index < -0.39 is 0 Å². The number of amides is 1. The number of nitrogens with two attached hydrogens (primary N) is 1. The molecule has 0 saturated carbocycles. The predicted octanol–water partition coefficient (Wildman–Crippen LogP) is 4.63. The Kier molecular flexibility index (Phi) is 5.12. The summed E-state index contributed by atoms with van der Waals surface area (Å²) in [4.78, 5) is 21.7. The van der Waals surface area contributed by atoms with Gasteiger partial charge in [-0.3, -0.25) is 9.78 Å². The zero-order valence-electron chi connectivity index (χ0n) is 15.0. The first kappa shape index (κ1) is 17.9. The van der Waals surface area contributed by atoms with E-state index in [9.17, 15) is 4.79 Å². The van der Waals surface area contributed by atoms with E-state index in [1.807, 2.05) is 66.7 Å². The quantitative estimate of drug-likeness (QED) is 0.524. The Morgan fingerprint density at radius 1 is 0.929 bits per heavy atom. The lowest BCUT2D eigenvalue weighted by molar-refractivity contribution is 0.103. The zero-order valence-corrected chi connectivity index (χ0v) is 15.8. The molecule has 0 bridgehead atoms. The standard InChI is InChI=1S/C22H18N4OS/c23-22-26-19(17-4-2-1-3-5-17)20(28-22)21(27)25-18-8-6-15(7-9-18)14-16-10-12-24-13-11-16/h1-13H,14H2,(H2,23,26)(H,25,27). The van der Waals surface area contributed by atoms with E-state index in [1.165, 1.54) is 16.9 Å². The number of benzene rings is 2.